The molecule has 1 N–H and O–H groups in total. The number of nitrogens with zero attached hydrogens (tertiary/aromatic N) is 2. The van der Waals surface area contributed by atoms with Crippen LogP contribution in [0.1, 0.15) is 22.2 Å². The molecular formula is C15H16N2O3S. The van der Waals surface area contributed by atoms with Crippen molar-refractivity contribution >= 4 is 23.2 Å². The van der Waals surface area contributed by atoms with Crippen molar-refractivity contribution in [1.82, 2.24) is 9.88 Å². The van der Waals surface area contributed by atoms with Crippen LogP contribution in [0.3, 0.4) is 0 Å². The average Bonchev–Trinajstić information content (AvgIpc) is 3.01. The minimum Gasteiger partial charge on any atom is -0.481 e. The van der Waals surface area contributed by atoms with Gasteiger partial charge in [0.15, 0.2) is 0 Å². The van der Waals surface area contributed by atoms with Gasteiger partial charge in [0.1, 0.15) is 0 Å². The zero-order valence-electron chi connectivity index (χ0n) is 11.6. The summed E-state index contributed by atoms with van der Waals surface area (Å²) in [5.74, 6) is -1.67. The Morgan fingerprint density at radius 1 is 1.33 bits per heavy atom. The van der Waals surface area contributed by atoms with Crippen LogP contribution < -0.4 is 0 Å². The SMILES string of the molecule is CC(CN(Cc1ccncc1)C(=O)c1cccs1)C(=O)O. The number of aromatic nitrogens is 1. The quantitative estimate of drug-likeness (QED) is 0.890. The zero-order valence-corrected chi connectivity index (χ0v) is 12.4. The minimum absolute atomic E-state index is 0.144. The van der Waals surface area contributed by atoms with E-state index in [0.717, 1.165) is 5.56 Å². The number of carbonyl (C=O) groups is 2. The molecule has 2 aromatic rings. The third kappa shape index (κ3) is 4.13. The Morgan fingerprint density at radius 2 is 2.05 bits per heavy atom. The summed E-state index contributed by atoms with van der Waals surface area (Å²) in [6.45, 7) is 2.15. The molecular weight excluding hydrogens is 288 g/mol. The second-order valence-corrected chi connectivity index (χ2v) is 5.71. The van der Waals surface area contributed by atoms with Gasteiger partial charge in [0.2, 0.25) is 0 Å². The number of carboxylic acids is 1. The highest BCUT2D eigenvalue weighted by Gasteiger charge is 2.22. The lowest BCUT2D eigenvalue weighted by molar-refractivity contribution is -0.141. The van der Waals surface area contributed by atoms with E-state index in [1.165, 1.54) is 11.3 Å². The Bertz CT molecular complexity index is 599. The molecule has 0 radical (unpaired) electrons. The summed E-state index contributed by atoms with van der Waals surface area (Å²) >= 11 is 1.35. The van der Waals surface area contributed by atoms with Crippen LogP contribution >= 0.6 is 11.3 Å². The maximum Gasteiger partial charge on any atom is 0.308 e. The van der Waals surface area contributed by atoms with E-state index in [-0.39, 0.29) is 12.5 Å². The van der Waals surface area contributed by atoms with E-state index in [9.17, 15) is 9.59 Å². The lowest BCUT2D eigenvalue weighted by atomic mass is 10.1. The van der Waals surface area contributed by atoms with E-state index in [0.29, 0.717) is 11.4 Å². The molecule has 0 bridgehead atoms. The molecule has 0 aliphatic carbocycles. The summed E-state index contributed by atoms with van der Waals surface area (Å²) in [6.07, 6.45) is 3.31. The highest BCUT2D eigenvalue weighted by molar-refractivity contribution is 7.12. The number of carboxylic acid groups (broad SMARTS) is 1. The molecule has 21 heavy (non-hydrogen) atoms. The van der Waals surface area contributed by atoms with E-state index in [4.69, 9.17) is 5.11 Å². The monoisotopic (exact) mass is 304 g/mol. The van der Waals surface area contributed by atoms with Crippen molar-refractivity contribution in [2.75, 3.05) is 6.54 Å². The maximum atomic E-state index is 12.5. The molecule has 110 valence electrons. The average molecular weight is 304 g/mol. The number of hydrogen-bond donors (Lipinski definition) is 1. The standard InChI is InChI=1S/C15H16N2O3S/c1-11(15(19)20)9-17(10-12-4-6-16-7-5-12)14(18)13-3-2-8-21-13/h2-8,11H,9-10H2,1H3,(H,19,20). The fraction of sp³-hybridized carbons (Fsp3) is 0.267. The van der Waals surface area contributed by atoms with Crippen LogP contribution in [0.4, 0.5) is 0 Å². The Balaban J connectivity index is 2.17. The lowest BCUT2D eigenvalue weighted by Crippen LogP contribution is -2.36. The smallest absolute Gasteiger partial charge is 0.308 e. The van der Waals surface area contributed by atoms with E-state index in [1.807, 2.05) is 23.6 Å². The van der Waals surface area contributed by atoms with Gasteiger partial charge in [-0.25, -0.2) is 0 Å². The first-order valence-electron chi connectivity index (χ1n) is 6.52. The fourth-order valence-corrected chi connectivity index (χ4v) is 2.58. The van der Waals surface area contributed by atoms with Crippen LogP contribution in [0.15, 0.2) is 42.0 Å². The number of hydrogen-bond acceptors (Lipinski definition) is 4. The Morgan fingerprint density at radius 3 is 2.62 bits per heavy atom. The number of thiophene rings is 1. The molecule has 0 aliphatic heterocycles. The third-order valence-corrected chi connectivity index (χ3v) is 3.92. The van der Waals surface area contributed by atoms with E-state index in [2.05, 4.69) is 4.98 Å². The molecule has 0 fully saturated rings. The lowest BCUT2D eigenvalue weighted by Gasteiger charge is -2.24. The predicted molar refractivity (Wildman–Crippen MR) is 80.1 cm³/mol. The summed E-state index contributed by atoms with van der Waals surface area (Å²) in [5, 5.41) is 10.9. The van der Waals surface area contributed by atoms with E-state index >= 15 is 0 Å². The van der Waals surface area contributed by atoms with Gasteiger partial charge < -0.3 is 10.0 Å². The summed E-state index contributed by atoms with van der Waals surface area (Å²) < 4.78 is 0. The van der Waals surface area contributed by atoms with Crippen molar-refractivity contribution in [1.29, 1.82) is 0 Å². The molecule has 1 atom stereocenters. The molecule has 0 saturated carbocycles. The normalized spacial score (nSPS) is 11.9. The van der Waals surface area contributed by atoms with Crippen LogP contribution in [-0.2, 0) is 11.3 Å². The topological polar surface area (TPSA) is 70.5 Å². The van der Waals surface area contributed by atoms with Gasteiger partial charge in [0, 0.05) is 25.5 Å². The minimum atomic E-state index is -0.909. The molecule has 5 nitrogen and oxygen atoms in total. The van der Waals surface area contributed by atoms with Gasteiger partial charge in [-0.3, -0.25) is 14.6 Å². The Labute approximate surface area is 126 Å². The van der Waals surface area contributed by atoms with Crippen molar-refractivity contribution in [3.8, 4) is 0 Å². The van der Waals surface area contributed by atoms with Crippen molar-refractivity contribution in [3.05, 3.63) is 52.5 Å². The number of rotatable bonds is 6. The first kappa shape index (κ1) is 15.2. The van der Waals surface area contributed by atoms with E-state index in [1.54, 1.807) is 30.3 Å². The molecule has 6 heteroatoms. The molecule has 2 rings (SSSR count). The van der Waals surface area contributed by atoms with Gasteiger partial charge in [-0.2, -0.15) is 0 Å². The van der Waals surface area contributed by atoms with Crippen molar-refractivity contribution in [2.24, 2.45) is 5.92 Å². The summed E-state index contributed by atoms with van der Waals surface area (Å²) in [5.41, 5.74) is 0.924. The summed E-state index contributed by atoms with van der Waals surface area (Å²) in [7, 11) is 0. The molecule has 0 aliphatic rings. The van der Waals surface area contributed by atoms with Gasteiger partial charge in [-0.1, -0.05) is 13.0 Å². The summed E-state index contributed by atoms with van der Waals surface area (Å²) in [6, 6.07) is 7.20. The van der Waals surface area contributed by atoms with Crippen LogP contribution in [0.5, 0.6) is 0 Å². The fourth-order valence-electron chi connectivity index (χ4n) is 1.89. The Hall–Kier alpha value is -2.21. The molecule has 0 aromatic carbocycles. The van der Waals surface area contributed by atoms with Crippen molar-refractivity contribution < 1.29 is 14.7 Å². The van der Waals surface area contributed by atoms with Gasteiger partial charge >= 0.3 is 5.97 Å². The van der Waals surface area contributed by atoms with E-state index < -0.39 is 11.9 Å². The highest BCUT2D eigenvalue weighted by Crippen LogP contribution is 2.16. The van der Waals surface area contributed by atoms with Crippen LogP contribution in [0, 0.1) is 5.92 Å². The molecule has 1 unspecified atom stereocenters. The Kier molecular flexibility index (Phi) is 5.05. The first-order valence-corrected chi connectivity index (χ1v) is 7.40. The first-order chi connectivity index (χ1) is 10.1. The molecule has 2 heterocycles. The largest absolute Gasteiger partial charge is 0.481 e. The molecule has 0 spiro atoms. The molecule has 2 aromatic heterocycles. The predicted octanol–water partition coefficient (Wildman–Crippen LogP) is 2.51. The number of amides is 1. The molecule has 0 saturated heterocycles. The number of pyridine rings is 1. The molecule has 1 amide bonds. The number of aliphatic carboxylic acids is 1. The van der Waals surface area contributed by atoms with Gasteiger partial charge in [0.25, 0.3) is 5.91 Å². The summed E-state index contributed by atoms with van der Waals surface area (Å²) in [4.78, 5) is 29.7. The van der Waals surface area contributed by atoms with Crippen LogP contribution in [0.2, 0.25) is 0 Å². The van der Waals surface area contributed by atoms with Crippen molar-refractivity contribution in [3.63, 3.8) is 0 Å². The third-order valence-electron chi connectivity index (χ3n) is 3.06. The van der Waals surface area contributed by atoms with Gasteiger partial charge in [0.05, 0.1) is 10.8 Å². The number of carbonyl (C=O) groups excluding carboxylic acids is 1. The zero-order chi connectivity index (χ0) is 15.2. The van der Waals surface area contributed by atoms with Gasteiger partial charge in [-0.15, -0.1) is 11.3 Å². The van der Waals surface area contributed by atoms with Crippen LogP contribution in [-0.4, -0.2) is 33.4 Å². The van der Waals surface area contributed by atoms with Gasteiger partial charge in [-0.05, 0) is 29.1 Å². The van der Waals surface area contributed by atoms with Crippen LogP contribution in [0.25, 0.3) is 0 Å². The second kappa shape index (κ2) is 6.99. The highest BCUT2D eigenvalue weighted by atomic mass is 32.1. The second-order valence-electron chi connectivity index (χ2n) is 4.76. The van der Waals surface area contributed by atoms with Crippen molar-refractivity contribution in [2.45, 2.75) is 13.5 Å². The maximum absolute atomic E-state index is 12.5.